The molecular formula is C20H24N6. The molecule has 0 aromatic carbocycles. The Hall–Kier alpha value is -2.76. The third-order valence-corrected chi connectivity index (χ3v) is 4.67. The van der Waals surface area contributed by atoms with E-state index in [1.54, 1.807) is 6.20 Å². The molecule has 0 amide bonds. The van der Waals surface area contributed by atoms with E-state index in [-0.39, 0.29) is 10.8 Å². The molecule has 0 fully saturated rings. The molecule has 6 nitrogen and oxygen atoms in total. The van der Waals surface area contributed by atoms with Crippen molar-refractivity contribution in [1.82, 2.24) is 29.3 Å². The third kappa shape index (κ3) is 2.96. The van der Waals surface area contributed by atoms with Gasteiger partial charge in [0.25, 0.3) is 0 Å². The van der Waals surface area contributed by atoms with E-state index in [1.807, 2.05) is 22.7 Å². The Morgan fingerprint density at radius 2 is 1.85 bits per heavy atom. The van der Waals surface area contributed by atoms with Gasteiger partial charge in [-0.1, -0.05) is 34.6 Å². The Morgan fingerprint density at radius 1 is 1.04 bits per heavy atom. The molecule has 4 heterocycles. The lowest BCUT2D eigenvalue weighted by Crippen LogP contribution is -2.23. The molecule has 0 atom stereocenters. The van der Waals surface area contributed by atoms with Crippen molar-refractivity contribution in [2.45, 2.75) is 51.9 Å². The van der Waals surface area contributed by atoms with E-state index in [9.17, 15) is 0 Å². The number of hydrogen-bond acceptors (Lipinski definition) is 4. The number of hydrogen-bond donors (Lipinski definition) is 1. The molecule has 0 saturated carbocycles. The molecule has 0 aliphatic rings. The van der Waals surface area contributed by atoms with Crippen molar-refractivity contribution in [3.8, 4) is 0 Å². The highest BCUT2D eigenvalue weighted by Gasteiger charge is 2.26. The summed E-state index contributed by atoms with van der Waals surface area (Å²) in [5.74, 6) is 1.67. The fourth-order valence-corrected chi connectivity index (χ4v) is 3.07. The van der Waals surface area contributed by atoms with Gasteiger partial charge in [0.05, 0.1) is 5.69 Å². The summed E-state index contributed by atoms with van der Waals surface area (Å²) in [6.07, 6.45) is 6.64. The maximum Gasteiger partial charge on any atom is 0.234 e. The molecule has 4 aromatic rings. The van der Waals surface area contributed by atoms with Crippen LogP contribution in [0.4, 0.5) is 0 Å². The SMILES string of the molecule is CC(C)(C)c1cn2ccc(CC(C)(C)c3nc4cccnc4[nH]3)nc2n1. The summed E-state index contributed by atoms with van der Waals surface area (Å²) in [5.41, 5.74) is 3.58. The highest BCUT2D eigenvalue weighted by Crippen LogP contribution is 2.27. The Morgan fingerprint density at radius 3 is 2.58 bits per heavy atom. The van der Waals surface area contributed by atoms with Gasteiger partial charge in [0.2, 0.25) is 5.78 Å². The first-order chi connectivity index (χ1) is 12.2. The summed E-state index contributed by atoms with van der Waals surface area (Å²) in [4.78, 5) is 21.9. The predicted molar refractivity (Wildman–Crippen MR) is 102 cm³/mol. The van der Waals surface area contributed by atoms with Gasteiger partial charge in [-0.3, -0.25) is 4.40 Å². The summed E-state index contributed by atoms with van der Waals surface area (Å²) in [7, 11) is 0. The minimum Gasteiger partial charge on any atom is -0.326 e. The average Bonchev–Trinajstić information content (AvgIpc) is 3.18. The topological polar surface area (TPSA) is 71.8 Å². The van der Waals surface area contributed by atoms with Gasteiger partial charge in [-0.15, -0.1) is 0 Å². The van der Waals surface area contributed by atoms with Crippen molar-refractivity contribution in [1.29, 1.82) is 0 Å². The van der Waals surface area contributed by atoms with Crippen LogP contribution in [0.25, 0.3) is 16.9 Å². The fraction of sp³-hybridized carbons (Fsp3) is 0.400. The van der Waals surface area contributed by atoms with Crippen LogP contribution in [-0.4, -0.2) is 29.3 Å². The lowest BCUT2D eigenvalue weighted by atomic mass is 9.87. The second-order valence-corrected chi connectivity index (χ2v) is 8.52. The predicted octanol–water partition coefficient (Wildman–Crippen LogP) is 3.82. The molecule has 1 N–H and O–H groups in total. The van der Waals surface area contributed by atoms with Crippen molar-refractivity contribution >= 4 is 16.9 Å². The van der Waals surface area contributed by atoms with Crippen LogP contribution in [0.1, 0.15) is 51.8 Å². The molecule has 0 radical (unpaired) electrons. The molecule has 4 aromatic heterocycles. The molecule has 6 heteroatoms. The van der Waals surface area contributed by atoms with Crippen molar-refractivity contribution in [3.63, 3.8) is 0 Å². The van der Waals surface area contributed by atoms with Crippen molar-refractivity contribution in [2.24, 2.45) is 0 Å². The Balaban J connectivity index is 1.66. The molecule has 0 spiro atoms. The van der Waals surface area contributed by atoms with E-state index in [4.69, 9.17) is 15.0 Å². The number of aromatic nitrogens is 6. The number of fused-ring (bicyclic) bond motifs is 2. The van der Waals surface area contributed by atoms with Crippen molar-refractivity contribution < 1.29 is 0 Å². The zero-order valence-corrected chi connectivity index (χ0v) is 15.9. The van der Waals surface area contributed by atoms with Crippen LogP contribution < -0.4 is 0 Å². The first-order valence-corrected chi connectivity index (χ1v) is 8.89. The number of aromatic amines is 1. The minimum atomic E-state index is -0.189. The number of nitrogens with zero attached hydrogens (tertiary/aromatic N) is 5. The summed E-state index contributed by atoms with van der Waals surface area (Å²) in [6.45, 7) is 10.8. The van der Waals surface area contributed by atoms with Gasteiger partial charge in [0, 0.05) is 41.5 Å². The Kier molecular flexibility index (Phi) is 3.61. The van der Waals surface area contributed by atoms with E-state index in [1.165, 1.54) is 0 Å². The van der Waals surface area contributed by atoms with E-state index >= 15 is 0 Å². The lowest BCUT2D eigenvalue weighted by molar-refractivity contribution is 0.487. The summed E-state index contributed by atoms with van der Waals surface area (Å²) in [5, 5.41) is 0. The largest absolute Gasteiger partial charge is 0.326 e. The molecule has 0 unspecified atom stereocenters. The third-order valence-electron chi connectivity index (χ3n) is 4.67. The Labute approximate surface area is 152 Å². The standard InChI is InChI=1S/C20H24N6/c1-19(2,3)15-12-26-10-8-13(22-18(26)24-15)11-20(4,5)17-23-14-7-6-9-21-16(14)25-17/h6-10,12H,11H2,1-5H3,(H,21,23,25). The first-order valence-electron chi connectivity index (χ1n) is 8.89. The molecule has 0 bridgehead atoms. The van der Waals surface area contributed by atoms with E-state index in [2.05, 4.69) is 56.8 Å². The Bertz CT molecular complexity index is 1050. The van der Waals surface area contributed by atoms with Gasteiger partial charge < -0.3 is 4.98 Å². The van der Waals surface area contributed by atoms with Gasteiger partial charge in [-0.05, 0) is 18.2 Å². The van der Waals surface area contributed by atoms with E-state index < -0.39 is 0 Å². The van der Waals surface area contributed by atoms with Gasteiger partial charge in [-0.25, -0.2) is 19.9 Å². The number of imidazole rings is 2. The van der Waals surface area contributed by atoms with Gasteiger partial charge >= 0.3 is 0 Å². The molecule has 0 aliphatic heterocycles. The number of nitrogens with one attached hydrogen (secondary N) is 1. The van der Waals surface area contributed by atoms with Crippen LogP contribution >= 0.6 is 0 Å². The maximum absolute atomic E-state index is 4.77. The van der Waals surface area contributed by atoms with Crippen LogP contribution in [0.3, 0.4) is 0 Å². The molecule has 134 valence electrons. The quantitative estimate of drug-likeness (QED) is 0.611. The lowest BCUT2D eigenvalue weighted by Gasteiger charge is -2.21. The van der Waals surface area contributed by atoms with Crippen LogP contribution in [0.15, 0.2) is 36.8 Å². The van der Waals surface area contributed by atoms with Crippen LogP contribution in [0, 0.1) is 0 Å². The van der Waals surface area contributed by atoms with E-state index in [0.717, 1.165) is 40.6 Å². The summed E-state index contributed by atoms with van der Waals surface area (Å²) < 4.78 is 1.99. The van der Waals surface area contributed by atoms with Crippen LogP contribution in [0.2, 0.25) is 0 Å². The maximum atomic E-state index is 4.77. The monoisotopic (exact) mass is 348 g/mol. The molecule has 26 heavy (non-hydrogen) atoms. The van der Waals surface area contributed by atoms with Crippen molar-refractivity contribution in [2.75, 3.05) is 0 Å². The second-order valence-electron chi connectivity index (χ2n) is 8.52. The molecular weight excluding hydrogens is 324 g/mol. The minimum absolute atomic E-state index is 0.00834. The zero-order chi connectivity index (χ0) is 18.5. The van der Waals surface area contributed by atoms with Gasteiger partial charge in [0.1, 0.15) is 11.3 Å². The van der Waals surface area contributed by atoms with E-state index in [0.29, 0.717) is 0 Å². The summed E-state index contributed by atoms with van der Waals surface area (Å²) in [6, 6.07) is 5.94. The molecule has 4 rings (SSSR count). The highest BCUT2D eigenvalue weighted by molar-refractivity contribution is 5.70. The van der Waals surface area contributed by atoms with Gasteiger partial charge in [0.15, 0.2) is 5.65 Å². The first kappa shape index (κ1) is 16.7. The number of H-pyrrole nitrogens is 1. The normalized spacial score (nSPS) is 13.0. The smallest absolute Gasteiger partial charge is 0.234 e. The van der Waals surface area contributed by atoms with Crippen LogP contribution in [-0.2, 0) is 17.3 Å². The fourth-order valence-electron chi connectivity index (χ4n) is 3.07. The van der Waals surface area contributed by atoms with Gasteiger partial charge in [-0.2, -0.15) is 0 Å². The second kappa shape index (κ2) is 5.62. The summed E-state index contributed by atoms with van der Waals surface area (Å²) >= 11 is 0. The number of pyridine rings is 1. The van der Waals surface area contributed by atoms with Crippen LogP contribution in [0.5, 0.6) is 0 Å². The number of rotatable bonds is 3. The highest BCUT2D eigenvalue weighted by atomic mass is 15.1. The zero-order valence-electron chi connectivity index (χ0n) is 15.9. The van der Waals surface area contributed by atoms with Crippen molar-refractivity contribution in [3.05, 3.63) is 54.0 Å². The molecule has 0 saturated heterocycles. The molecule has 0 aliphatic carbocycles. The average molecular weight is 348 g/mol.